The molecule has 1 heterocycles. The Morgan fingerprint density at radius 3 is 2.18 bits per heavy atom. The Hall–Kier alpha value is -2.97. The molecule has 1 fully saturated rings. The number of hydrogen-bond donors (Lipinski definition) is 5. The molecule has 1 aliphatic heterocycles. The first-order valence-corrected chi connectivity index (χ1v) is 12.7. The second-order valence-electron chi connectivity index (χ2n) is 8.79. The number of nitrogens with zero attached hydrogens (tertiary/aromatic N) is 4. The number of benzene rings is 1. The number of carbonyl (C=O) groups is 3. The molecule has 5 N–H and O–H groups in total. The summed E-state index contributed by atoms with van der Waals surface area (Å²) in [5.74, 6) is -2.77. The van der Waals surface area contributed by atoms with Gasteiger partial charge in [-0.25, -0.2) is 0 Å². The largest absolute Gasteiger partial charge is 0.480 e. The van der Waals surface area contributed by atoms with Gasteiger partial charge in [0.25, 0.3) is 0 Å². The number of aliphatic hydroxyl groups is 1. The van der Waals surface area contributed by atoms with Crippen LogP contribution in [0.2, 0.25) is 0 Å². The number of hydrogen-bond acceptors (Lipinski definition) is 11. The van der Waals surface area contributed by atoms with Crippen molar-refractivity contribution in [2.75, 3.05) is 65.5 Å². The molecule has 0 aromatic heterocycles. The molecule has 13 nitrogen and oxygen atoms in total. The van der Waals surface area contributed by atoms with Crippen LogP contribution in [-0.4, -0.2) is 136 Å². The maximum Gasteiger partial charge on any atom is 0.317 e. The minimum absolute atomic E-state index is 0.141. The van der Waals surface area contributed by atoms with Crippen LogP contribution < -0.4 is 10.1 Å². The third-order valence-corrected chi connectivity index (χ3v) is 6.10. The van der Waals surface area contributed by atoms with E-state index in [2.05, 4.69) is 27.7 Å². The van der Waals surface area contributed by atoms with Crippen molar-refractivity contribution in [3.8, 4) is 5.75 Å². The molecule has 1 aromatic rings. The number of thiocarbonyl (C=S) groups is 1. The van der Waals surface area contributed by atoms with E-state index in [0.717, 1.165) is 0 Å². The van der Waals surface area contributed by atoms with Gasteiger partial charge in [0.05, 0.1) is 36.5 Å². The molecule has 14 heteroatoms. The van der Waals surface area contributed by atoms with Crippen molar-refractivity contribution in [3.63, 3.8) is 0 Å². The normalized spacial score (nSPS) is 20.4. The molecule has 0 spiro atoms. The fraction of sp³-hybridized carbons (Fsp3) is 0.583. The molecule has 38 heavy (non-hydrogen) atoms. The lowest BCUT2D eigenvalue weighted by atomic mass is 10.1. The van der Waals surface area contributed by atoms with Crippen LogP contribution in [-0.2, 0) is 14.4 Å². The van der Waals surface area contributed by atoms with Crippen LogP contribution in [0.5, 0.6) is 5.75 Å². The van der Waals surface area contributed by atoms with Gasteiger partial charge in [-0.2, -0.15) is 4.99 Å². The fourth-order valence-electron chi connectivity index (χ4n) is 4.32. The van der Waals surface area contributed by atoms with Crippen LogP contribution in [0.4, 0.5) is 5.69 Å². The second kappa shape index (κ2) is 16.8. The summed E-state index contributed by atoms with van der Waals surface area (Å²) >= 11 is 4.63. The summed E-state index contributed by atoms with van der Waals surface area (Å²) < 4.78 is 6.35. The Labute approximate surface area is 226 Å². The van der Waals surface area contributed by atoms with Crippen molar-refractivity contribution in [3.05, 3.63) is 24.3 Å². The maximum atomic E-state index is 11.9. The summed E-state index contributed by atoms with van der Waals surface area (Å²) in [6.45, 7) is 0.915. The van der Waals surface area contributed by atoms with Crippen molar-refractivity contribution in [2.45, 2.75) is 25.1 Å². The van der Waals surface area contributed by atoms with Gasteiger partial charge in [-0.15, -0.1) is 0 Å². The standard InChI is InChI=1S/C24H35N5O8S/c30-13-1-2-20-24(37-19-5-3-18(4-6-19)26-17-38)29(16-23(35)36)12-11-27(14-21(31)32)9-7-25-8-10-28(20)15-22(33)34/h3-6,20,24-25,30H,1-2,7-16H2,(H,31,32)(H,33,34)(H,35,36). The lowest BCUT2D eigenvalue weighted by molar-refractivity contribution is -0.146. The zero-order chi connectivity index (χ0) is 27.9. The van der Waals surface area contributed by atoms with Crippen LogP contribution in [0.15, 0.2) is 29.3 Å². The van der Waals surface area contributed by atoms with E-state index < -0.39 is 36.7 Å². The summed E-state index contributed by atoms with van der Waals surface area (Å²) in [4.78, 5) is 44.0. The second-order valence-corrected chi connectivity index (χ2v) is 8.97. The topological polar surface area (TPSA) is 175 Å². The lowest BCUT2D eigenvalue weighted by Crippen LogP contribution is -2.59. The molecule has 2 unspecified atom stereocenters. The van der Waals surface area contributed by atoms with Crippen LogP contribution in [0.25, 0.3) is 0 Å². The number of carboxylic acid groups (broad SMARTS) is 3. The molecule has 2 atom stereocenters. The van der Waals surface area contributed by atoms with Crippen molar-refractivity contribution in [2.24, 2.45) is 4.99 Å². The molecular formula is C24H35N5O8S. The Morgan fingerprint density at radius 1 is 0.947 bits per heavy atom. The third kappa shape index (κ3) is 11.2. The number of aliphatic imine (C=N–C) groups is 1. The summed E-state index contributed by atoms with van der Waals surface area (Å²) in [7, 11) is 0. The average molecular weight is 554 g/mol. The minimum Gasteiger partial charge on any atom is -0.480 e. The zero-order valence-corrected chi connectivity index (χ0v) is 21.9. The molecule has 1 saturated heterocycles. The molecule has 0 radical (unpaired) electrons. The molecule has 0 bridgehead atoms. The molecule has 210 valence electrons. The SMILES string of the molecule is O=C(O)CN1CCNCCN(CC(=O)O)C(CCCO)C(Oc2ccc(N=C=S)cc2)N(CC(=O)O)CC1. The van der Waals surface area contributed by atoms with Crippen LogP contribution in [0, 0.1) is 0 Å². The highest BCUT2D eigenvalue weighted by molar-refractivity contribution is 7.78. The number of rotatable bonds is 12. The summed E-state index contributed by atoms with van der Waals surface area (Å²) in [6, 6.07) is 5.99. The molecule has 2 rings (SSSR count). The fourth-order valence-corrected chi connectivity index (χ4v) is 4.42. The predicted octanol–water partition coefficient (Wildman–Crippen LogP) is 0.0299. The van der Waals surface area contributed by atoms with Gasteiger partial charge < -0.3 is 30.5 Å². The number of isothiocyanates is 1. The van der Waals surface area contributed by atoms with Gasteiger partial charge in [-0.05, 0) is 49.3 Å². The van der Waals surface area contributed by atoms with Gasteiger partial charge in [-0.1, -0.05) is 0 Å². The lowest BCUT2D eigenvalue weighted by Gasteiger charge is -2.42. The average Bonchev–Trinajstić information content (AvgIpc) is 2.85. The Kier molecular flexibility index (Phi) is 13.8. The van der Waals surface area contributed by atoms with Gasteiger partial charge in [-0.3, -0.25) is 29.1 Å². The van der Waals surface area contributed by atoms with E-state index in [1.165, 1.54) is 0 Å². The smallest absolute Gasteiger partial charge is 0.317 e. The van der Waals surface area contributed by atoms with Crippen molar-refractivity contribution in [1.82, 2.24) is 20.0 Å². The number of aliphatic carboxylic acids is 3. The van der Waals surface area contributed by atoms with E-state index in [9.17, 15) is 34.8 Å². The number of aliphatic hydroxyl groups excluding tert-OH is 1. The first kappa shape index (κ1) is 31.2. The monoisotopic (exact) mass is 553 g/mol. The highest BCUT2D eigenvalue weighted by Gasteiger charge is 2.36. The Bertz CT molecular complexity index is 960. The molecule has 0 saturated carbocycles. The number of carboxylic acids is 3. The van der Waals surface area contributed by atoms with Crippen molar-refractivity contribution in [1.29, 1.82) is 0 Å². The van der Waals surface area contributed by atoms with E-state index in [-0.39, 0.29) is 32.8 Å². The van der Waals surface area contributed by atoms with Crippen LogP contribution >= 0.6 is 12.2 Å². The maximum absolute atomic E-state index is 11.9. The molecule has 0 aliphatic carbocycles. The first-order valence-electron chi connectivity index (χ1n) is 12.3. The highest BCUT2D eigenvalue weighted by Crippen LogP contribution is 2.24. The molecular weight excluding hydrogens is 518 g/mol. The van der Waals surface area contributed by atoms with Gasteiger partial charge in [0, 0.05) is 45.9 Å². The number of nitrogens with one attached hydrogen (secondary N) is 1. The molecule has 1 aromatic carbocycles. The quantitative estimate of drug-likeness (QED) is 0.173. The van der Waals surface area contributed by atoms with E-state index >= 15 is 0 Å². The van der Waals surface area contributed by atoms with Gasteiger partial charge >= 0.3 is 17.9 Å². The molecule has 0 amide bonds. The van der Waals surface area contributed by atoms with Crippen molar-refractivity contribution < 1.29 is 39.5 Å². The number of ether oxygens (including phenoxy) is 1. The molecule has 1 aliphatic rings. The summed E-state index contributed by atoms with van der Waals surface area (Å²) in [6.07, 6.45) is -0.262. The highest BCUT2D eigenvalue weighted by atomic mass is 32.1. The summed E-state index contributed by atoms with van der Waals surface area (Å²) in [5, 5.41) is 43.8. The predicted molar refractivity (Wildman–Crippen MR) is 141 cm³/mol. The third-order valence-electron chi connectivity index (χ3n) is 6.00. The first-order chi connectivity index (χ1) is 18.2. The van der Waals surface area contributed by atoms with Gasteiger partial charge in [0.2, 0.25) is 0 Å². The van der Waals surface area contributed by atoms with Gasteiger partial charge in [0.1, 0.15) is 5.75 Å². The van der Waals surface area contributed by atoms with E-state index in [1.54, 1.807) is 39.0 Å². The minimum atomic E-state index is -1.12. The van der Waals surface area contributed by atoms with Gasteiger partial charge in [0.15, 0.2) is 6.23 Å². The van der Waals surface area contributed by atoms with E-state index in [4.69, 9.17) is 4.74 Å². The van der Waals surface area contributed by atoms with E-state index in [1.807, 2.05) is 0 Å². The summed E-state index contributed by atoms with van der Waals surface area (Å²) in [5.41, 5.74) is 0.549. The Balaban J connectivity index is 2.53. The van der Waals surface area contributed by atoms with E-state index in [0.29, 0.717) is 50.5 Å². The Morgan fingerprint density at radius 2 is 1.58 bits per heavy atom. The van der Waals surface area contributed by atoms with Crippen molar-refractivity contribution >= 4 is 41.0 Å². The van der Waals surface area contributed by atoms with Crippen LogP contribution in [0.3, 0.4) is 0 Å². The van der Waals surface area contributed by atoms with Crippen LogP contribution in [0.1, 0.15) is 12.8 Å². The zero-order valence-electron chi connectivity index (χ0n) is 21.1.